The molecule has 4 amide bonds. The van der Waals surface area contributed by atoms with E-state index in [0.717, 1.165) is 69.3 Å². The maximum atomic E-state index is 14.1. The van der Waals surface area contributed by atoms with E-state index in [1.165, 1.54) is 6.07 Å². The lowest BCUT2D eigenvalue weighted by atomic mass is 9.91. The van der Waals surface area contributed by atoms with Crippen molar-refractivity contribution < 1.29 is 27.6 Å². The molecule has 1 atom stereocenters. The number of para-hydroxylation sites is 1. The van der Waals surface area contributed by atoms with Crippen molar-refractivity contribution in [3.8, 4) is 0 Å². The predicted molar refractivity (Wildman–Crippen MR) is 191 cm³/mol. The normalized spacial score (nSPS) is 20.9. The molecule has 6 rings (SSSR count). The van der Waals surface area contributed by atoms with Crippen molar-refractivity contribution in [3.05, 3.63) is 58.1 Å². The molecule has 3 saturated heterocycles. The number of nitrogens with two attached hydrogens (primary N) is 1. The first-order valence-electron chi connectivity index (χ1n) is 18.2. The number of carbonyl (C=O) groups excluding carboxylic acids is 3. The van der Waals surface area contributed by atoms with Crippen molar-refractivity contribution in [2.75, 3.05) is 76.5 Å². The molecular weight excluding hydrogens is 683 g/mol. The van der Waals surface area contributed by atoms with Crippen LogP contribution in [0.4, 0.5) is 29.3 Å². The van der Waals surface area contributed by atoms with Gasteiger partial charge in [-0.2, -0.15) is 13.2 Å². The Kier molecular flexibility index (Phi) is 11.7. The molecule has 0 bridgehead atoms. The van der Waals surface area contributed by atoms with Gasteiger partial charge in [0.05, 0.1) is 22.2 Å². The molecule has 0 unspecified atom stereocenters. The second-order valence-corrected chi connectivity index (χ2v) is 14.7. The van der Waals surface area contributed by atoms with Crippen molar-refractivity contribution in [1.29, 1.82) is 0 Å². The average molecular weight is 732 g/mol. The van der Waals surface area contributed by atoms with Gasteiger partial charge in [-0.15, -0.1) is 0 Å². The van der Waals surface area contributed by atoms with Gasteiger partial charge in [-0.3, -0.25) is 14.5 Å². The second-order valence-electron chi connectivity index (χ2n) is 14.3. The zero-order valence-electron chi connectivity index (χ0n) is 29.3. The number of nitrogens with zero attached hydrogens (tertiary/aromatic N) is 5. The molecule has 4 aliphatic heterocycles. The number of amides is 4. The number of urea groups is 1. The Balaban J connectivity index is 1.11. The molecule has 4 aliphatic rings. The van der Waals surface area contributed by atoms with Gasteiger partial charge >= 0.3 is 12.2 Å². The number of hydrogen-bond acceptors (Lipinski definition) is 6. The van der Waals surface area contributed by atoms with Crippen LogP contribution in [-0.4, -0.2) is 120 Å². The number of anilines is 2. The summed E-state index contributed by atoms with van der Waals surface area (Å²) in [5.74, 6) is -1.33. The smallest absolute Gasteiger partial charge is 0.397 e. The van der Waals surface area contributed by atoms with Crippen LogP contribution in [0.5, 0.6) is 0 Å². The summed E-state index contributed by atoms with van der Waals surface area (Å²) in [4.78, 5) is 51.3. The Hall–Kier alpha value is -3.55. The van der Waals surface area contributed by atoms with E-state index >= 15 is 0 Å². The van der Waals surface area contributed by atoms with Crippen molar-refractivity contribution in [1.82, 2.24) is 24.5 Å². The third-order valence-electron chi connectivity index (χ3n) is 11.3. The summed E-state index contributed by atoms with van der Waals surface area (Å²) in [6.45, 7) is 9.19. The highest BCUT2D eigenvalue weighted by molar-refractivity contribution is 6.33. The predicted octanol–water partition coefficient (Wildman–Crippen LogP) is 5.20. The van der Waals surface area contributed by atoms with Crippen LogP contribution in [0, 0.1) is 5.92 Å². The number of benzene rings is 2. The topological polar surface area (TPSA) is 105 Å². The second kappa shape index (κ2) is 16.0. The first-order valence-corrected chi connectivity index (χ1v) is 18.6. The lowest BCUT2D eigenvalue weighted by molar-refractivity contribution is -0.143. The van der Waals surface area contributed by atoms with Gasteiger partial charge in [0.2, 0.25) is 11.8 Å². The molecule has 0 aromatic heterocycles. The van der Waals surface area contributed by atoms with Gasteiger partial charge in [-0.05, 0) is 87.5 Å². The van der Waals surface area contributed by atoms with Crippen LogP contribution in [0.2, 0.25) is 5.02 Å². The summed E-state index contributed by atoms with van der Waals surface area (Å²) < 4.78 is 41.6. The molecule has 0 spiro atoms. The number of nitrogens with one attached hydrogen (secondary N) is 1. The molecule has 0 aliphatic carbocycles. The van der Waals surface area contributed by atoms with E-state index in [4.69, 9.17) is 17.3 Å². The van der Waals surface area contributed by atoms with E-state index in [1.807, 2.05) is 29.2 Å². The standard InChI is InChI=1S/C37H49ClF3N7O3/c1-2-44-12-8-28(9-13-44)45-17-19-47(20-18-45)35(50)27(21-25-22-30(37(39,40)41)34(42)31(38)23-25)24-33(49)46-14-10-29(11-15-46)48-16-7-26-5-3-4-6-32(26)43-36(48)51/h3-6,22-23,27-29H,2,7-21,24,42H2,1H3,(H,43,51)/t27-/m0/s1. The fraction of sp³-hybridized carbons (Fsp3) is 0.595. The van der Waals surface area contributed by atoms with E-state index in [0.29, 0.717) is 51.6 Å². The van der Waals surface area contributed by atoms with Gasteiger partial charge in [-0.1, -0.05) is 36.7 Å². The molecule has 2 aromatic rings. The number of alkyl halides is 3. The SMILES string of the molecule is CCN1CCC(N2CCN(C(=O)[C@H](CC(=O)N3CCC(N4CCc5ccccc5NC4=O)CC3)Cc3cc(Cl)c(N)c(C(F)(F)F)c3)CC2)CC1. The number of halogens is 4. The van der Waals surface area contributed by atoms with Crippen molar-refractivity contribution in [2.45, 2.75) is 70.1 Å². The van der Waals surface area contributed by atoms with Crippen molar-refractivity contribution in [2.24, 2.45) is 5.92 Å². The third-order valence-corrected chi connectivity index (χ3v) is 11.6. The Bertz CT molecular complexity index is 1570. The lowest BCUT2D eigenvalue weighted by Crippen LogP contribution is -2.55. The number of fused-ring (bicyclic) bond motifs is 1. The quantitative estimate of drug-likeness (QED) is 0.362. The van der Waals surface area contributed by atoms with Crippen LogP contribution in [0.1, 0.15) is 55.7 Å². The fourth-order valence-electron chi connectivity index (χ4n) is 8.23. The zero-order valence-corrected chi connectivity index (χ0v) is 30.0. The number of hydrogen-bond donors (Lipinski definition) is 2. The number of likely N-dealkylation sites (tertiary alicyclic amines) is 2. The minimum absolute atomic E-state index is 0.0380. The summed E-state index contributed by atoms with van der Waals surface area (Å²) >= 11 is 6.16. The largest absolute Gasteiger partial charge is 0.418 e. The van der Waals surface area contributed by atoms with Crippen LogP contribution in [-0.2, 0) is 28.6 Å². The van der Waals surface area contributed by atoms with Gasteiger partial charge in [0.25, 0.3) is 0 Å². The molecule has 3 N–H and O–H groups in total. The summed E-state index contributed by atoms with van der Waals surface area (Å²) in [5, 5.41) is 2.78. The average Bonchev–Trinajstić information content (AvgIpc) is 3.30. The van der Waals surface area contributed by atoms with E-state index in [9.17, 15) is 27.6 Å². The zero-order chi connectivity index (χ0) is 36.3. The van der Waals surface area contributed by atoms with Crippen LogP contribution in [0.25, 0.3) is 0 Å². The highest BCUT2D eigenvalue weighted by Crippen LogP contribution is 2.38. The first kappa shape index (κ1) is 37.2. The molecule has 14 heteroatoms. The molecular formula is C37H49ClF3N7O3. The first-order chi connectivity index (χ1) is 24.4. The molecule has 3 fully saturated rings. The van der Waals surface area contributed by atoms with Gasteiger partial charge in [0.15, 0.2) is 0 Å². The Morgan fingerprint density at radius 1 is 0.922 bits per heavy atom. The number of nitrogen functional groups attached to an aromatic ring is 1. The highest BCUT2D eigenvalue weighted by atomic mass is 35.5. The molecule has 51 heavy (non-hydrogen) atoms. The van der Waals surface area contributed by atoms with Crippen LogP contribution in [0.3, 0.4) is 0 Å². The molecule has 0 radical (unpaired) electrons. The van der Waals surface area contributed by atoms with Crippen molar-refractivity contribution >= 4 is 40.8 Å². The van der Waals surface area contributed by atoms with Gasteiger partial charge in [-0.25, -0.2) is 4.79 Å². The summed E-state index contributed by atoms with van der Waals surface area (Å²) in [5.41, 5.74) is 6.20. The molecule has 278 valence electrons. The summed E-state index contributed by atoms with van der Waals surface area (Å²) in [6.07, 6.45) is -0.840. The number of carbonyl (C=O) groups is 3. The Morgan fingerprint density at radius 3 is 2.25 bits per heavy atom. The fourth-order valence-corrected chi connectivity index (χ4v) is 8.47. The van der Waals surface area contributed by atoms with Crippen LogP contribution >= 0.6 is 11.6 Å². The number of rotatable bonds is 8. The summed E-state index contributed by atoms with van der Waals surface area (Å²) in [7, 11) is 0. The molecule has 10 nitrogen and oxygen atoms in total. The number of piperidine rings is 2. The van der Waals surface area contributed by atoms with Crippen molar-refractivity contribution in [3.63, 3.8) is 0 Å². The maximum absolute atomic E-state index is 14.1. The highest BCUT2D eigenvalue weighted by Gasteiger charge is 2.38. The molecule has 2 aromatic carbocycles. The van der Waals surface area contributed by atoms with E-state index in [2.05, 4.69) is 22.0 Å². The molecule has 0 saturated carbocycles. The van der Waals surface area contributed by atoms with Crippen LogP contribution in [0.15, 0.2) is 36.4 Å². The maximum Gasteiger partial charge on any atom is 0.418 e. The Labute approximate surface area is 303 Å². The van der Waals surface area contributed by atoms with Gasteiger partial charge in [0.1, 0.15) is 0 Å². The third kappa shape index (κ3) is 8.74. The Morgan fingerprint density at radius 2 is 1.59 bits per heavy atom. The minimum Gasteiger partial charge on any atom is -0.397 e. The van der Waals surface area contributed by atoms with E-state index in [1.54, 1.807) is 9.80 Å². The molecule has 4 heterocycles. The monoisotopic (exact) mass is 731 g/mol. The number of piperazine rings is 1. The summed E-state index contributed by atoms with van der Waals surface area (Å²) in [6, 6.07) is 10.4. The van der Waals surface area contributed by atoms with Gasteiger partial charge < -0.3 is 30.7 Å². The van der Waals surface area contributed by atoms with Crippen LogP contribution < -0.4 is 11.1 Å². The van der Waals surface area contributed by atoms with E-state index < -0.39 is 23.3 Å². The minimum atomic E-state index is -4.72. The lowest BCUT2D eigenvalue weighted by Gasteiger charge is -2.43. The van der Waals surface area contributed by atoms with E-state index in [-0.39, 0.29) is 47.3 Å². The van der Waals surface area contributed by atoms with Gasteiger partial charge in [0, 0.05) is 70.0 Å².